The molecule has 82 valence electrons. The number of methoxy groups -OCH3 is 1. The smallest absolute Gasteiger partial charge is 0.122 e. The standard InChI is InChI=1S/C13H18O2/c1-9-5-6-12(15-4)13(11(9)3)10(2)7-8-14/h5-6,8,10H,7H2,1-4H3. The first-order valence-corrected chi connectivity index (χ1v) is 5.19. The van der Waals surface area contributed by atoms with Crippen LogP contribution in [0, 0.1) is 13.8 Å². The number of carbonyl (C=O) groups is 1. The zero-order valence-electron chi connectivity index (χ0n) is 9.83. The largest absolute Gasteiger partial charge is 0.496 e. The van der Waals surface area contributed by atoms with Crippen molar-refractivity contribution >= 4 is 6.29 Å². The van der Waals surface area contributed by atoms with Crippen LogP contribution in [0.3, 0.4) is 0 Å². The predicted molar refractivity (Wildman–Crippen MR) is 61.6 cm³/mol. The predicted octanol–water partition coefficient (Wildman–Crippen LogP) is 3.00. The maximum Gasteiger partial charge on any atom is 0.122 e. The average Bonchev–Trinajstić information content (AvgIpc) is 2.22. The van der Waals surface area contributed by atoms with Gasteiger partial charge in [-0.05, 0) is 37.0 Å². The van der Waals surface area contributed by atoms with Gasteiger partial charge >= 0.3 is 0 Å². The van der Waals surface area contributed by atoms with Crippen molar-refractivity contribution < 1.29 is 9.53 Å². The highest BCUT2D eigenvalue weighted by molar-refractivity contribution is 5.54. The third-order valence-electron chi connectivity index (χ3n) is 2.91. The second-order valence-corrected chi connectivity index (χ2v) is 3.93. The normalized spacial score (nSPS) is 12.3. The molecular formula is C13H18O2. The van der Waals surface area contributed by atoms with Crippen molar-refractivity contribution in [3.8, 4) is 5.75 Å². The number of ether oxygens (including phenoxy) is 1. The summed E-state index contributed by atoms with van der Waals surface area (Å²) in [7, 11) is 1.67. The first-order chi connectivity index (χ1) is 7.11. The molecule has 0 amide bonds. The fourth-order valence-electron chi connectivity index (χ4n) is 1.87. The van der Waals surface area contributed by atoms with E-state index in [0.717, 1.165) is 17.6 Å². The van der Waals surface area contributed by atoms with Crippen molar-refractivity contribution in [2.75, 3.05) is 7.11 Å². The van der Waals surface area contributed by atoms with Gasteiger partial charge < -0.3 is 9.53 Å². The van der Waals surface area contributed by atoms with Gasteiger partial charge in [-0.3, -0.25) is 0 Å². The molecule has 0 aromatic heterocycles. The molecule has 1 atom stereocenters. The van der Waals surface area contributed by atoms with Gasteiger partial charge in [0.15, 0.2) is 0 Å². The minimum absolute atomic E-state index is 0.220. The lowest BCUT2D eigenvalue weighted by Gasteiger charge is -2.18. The molecule has 0 aliphatic carbocycles. The van der Waals surface area contributed by atoms with Gasteiger partial charge in [0.1, 0.15) is 12.0 Å². The first-order valence-electron chi connectivity index (χ1n) is 5.19. The van der Waals surface area contributed by atoms with Crippen LogP contribution < -0.4 is 4.74 Å². The van der Waals surface area contributed by atoms with E-state index in [1.807, 2.05) is 12.1 Å². The van der Waals surface area contributed by atoms with Crippen molar-refractivity contribution in [2.24, 2.45) is 0 Å². The quantitative estimate of drug-likeness (QED) is 0.708. The van der Waals surface area contributed by atoms with Crippen LogP contribution in [0.25, 0.3) is 0 Å². The molecule has 1 aromatic rings. The summed E-state index contributed by atoms with van der Waals surface area (Å²) < 4.78 is 5.33. The Bertz CT molecular complexity index is 356. The minimum Gasteiger partial charge on any atom is -0.496 e. The molecule has 0 saturated heterocycles. The highest BCUT2D eigenvalue weighted by Gasteiger charge is 2.14. The Hall–Kier alpha value is -1.31. The molecule has 0 spiro atoms. The van der Waals surface area contributed by atoms with Crippen LogP contribution in [0.4, 0.5) is 0 Å². The zero-order valence-corrected chi connectivity index (χ0v) is 9.83. The van der Waals surface area contributed by atoms with Gasteiger partial charge in [0.25, 0.3) is 0 Å². The number of hydrogen-bond acceptors (Lipinski definition) is 2. The number of hydrogen-bond donors (Lipinski definition) is 0. The molecule has 0 fully saturated rings. The summed E-state index contributed by atoms with van der Waals surface area (Å²) in [6, 6.07) is 4.02. The lowest BCUT2D eigenvalue weighted by Crippen LogP contribution is -2.02. The number of aldehydes is 1. The van der Waals surface area contributed by atoms with Crippen LogP contribution in [0.5, 0.6) is 5.75 Å². The molecule has 0 saturated carbocycles. The van der Waals surface area contributed by atoms with Crippen LogP contribution >= 0.6 is 0 Å². The highest BCUT2D eigenvalue weighted by atomic mass is 16.5. The van der Waals surface area contributed by atoms with Crippen molar-refractivity contribution in [2.45, 2.75) is 33.1 Å². The number of carbonyl (C=O) groups excluding carboxylic acids is 1. The Morgan fingerprint density at radius 3 is 2.60 bits per heavy atom. The summed E-state index contributed by atoms with van der Waals surface area (Å²) in [6.45, 7) is 6.21. The van der Waals surface area contributed by atoms with E-state index in [9.17, 15) is 4.79 Å². The number of rotatable bonds is 4. The monoisotopic (exact) mass is 206 g/mol. The van der Waals surface area contributed by atoms with Gasteiger partial charge in [-0.15, -0.1) is 0 Å². The molecule has 2 nitrogen and oxygen atoms in total. The summed E-state index contributed by atoms with van der Waals surface area (Å²) in [5, 5.41) is 0. The van der Waals surface area contributed by atoms with Gasteiger partial charge in [-0.25, -0.2) is 0 Å². The lowest BCUT2D eigenvalue weighted by molar-refractivity contribution is -0.108. The summed E-state index contributed by atoms with van der Waals surface area (Å²) in [5.74, 6) is 1.10. The third-order valence-corrected chi connectivity index (χ3v) is 2.91. The Morgan fingerprint density at radius 2 is 2.07 bits per heavy atom. The zero-order chi connectivity index (χ0) is 11.4. The molecule has 0 radical (unpaired) electrons. The van der Waals surface area contributed by atoms with Crippen molar-refractivity contribution in [3.05, 3.63) is 28.8 Å². The number of aryl methyl sites for hydroxylation is 1. The van der Waals surface area contributed by atoms with E-state index >= 15 is 0 Å². The SMILES string of the molecule is COc1ccc(C)c(C)c1C(C)CC=O. The molecule has 1 unspecified atom stereocenters. The maximum absolute atomic E-state index is 10.5. The molecule has 0 aliphatic rings. The van der Waals surface area contributed by atoms with E-state index in [0.29, 0.717) is 6.42 Å². The Morgan fingerprint density at radius 1 is 1.40 bits per heavy atom. The second kappa shape index (κ2) is 4.96. The van der Waals surface area contributed by atoms with E-state index in [2.05, 4.69) is 20.8 Å². The Kier molecular flexibility index (Phi) is 3.89. The molecule has 1 aromatic carbocycles. The van der Waals surface area contributed by atoms with Crippen LogP contribution in [0.15, 0.2) is 12.1 Å². The molecule has 15 heavy (non-hydrogen) atoms. The average molecular weight is 206 g/mol. The van der Waals surface area contributed by atoms with Crippen LogP contribution in [0.2, 0.25) is 0 Å². The van der Waals surface area contributed by atoms with Gasteiger partial charge in [-0.1, -0.05) is 13.0 Å². The van der Waals surface area contributed by atoms with Crippen molar-refractivity contribution in [1.29, 1.82) is 0 Å². The fraction of sp³-hybridized carbons (Fsp3) is 0.462. The van der Waals surface area contributed by atoms with Gasteiger partial charge in [0.2, 0.25) is 0 Å². The summed E-state index contributed by atoms with van der Waals surface area (Å²) in [4.78, 5) is 10.5. The molecular weight excluding hydrogens is 188 g/mol. The van der Waals surface area contributed by atoms with Gasteiger partial charge in [0.05, 0.1) is 7.11 Å². The first kappa shape index (κ1) is 11.8. The van der Waals surface area contributed by atoms with E-state index in [4.69, 9.17) is 4.74 Å². The van der Waals surface area contributed by atoms with Crippen molar-refractivity contribution in [1.82, 2.24) is 0 Å². The Labute approximate surface area is 91.3 Å². The molecule has 0 bridgehead atoms. The molecule has 1 rings (SSSR count). The number of benzene rings is 1. The lowest BCUT2D eigenvalue weighted by atomic mass is 9.91. The van der Waals surface area contributed by atoms with Gasteiger partial charge in [-0.2, -0.15) is 0 Å². The summed E-state index contributed by atoms with van der Waals surface area (Å²) >= 11 is 0. The van der Waals surface area contributed by atoms with Gasteiger partial charge in [0, 0.05) is 12.0 Å². The van der Waals surface area contributed by atoms with Crippen LogP contribution in [-0.4, -0.2) is 13.4 Å². The van der Waals surface area contributed by atoms with Crippen LogP contribution in [-0.2, 0) is 4.79 Å². The van der Waals surface area contributed by atoms with E-state index < -0.39 is 0 Å². The molecule has 0 heterocycles. The van der Waals surface area contributed by atoms with Crippen molar-refractivity contribution in [3.63, 3.8) is 0 Å². The second-order valence-electron chi connectivity index (χ2n) is 3.93. The topological polar surface area (TPSA) is 26.3 Å². The summed E-state index contributed by atoms with van der Waals surface area (Å²) in [5.41, 5.74) is 3.62. The molecule has 0 aliphatic heterocycles. The van der Waals surface area contributed by atoms with Crippen LogP contribution in [0.1, 0.15) is 36.0 Å². The van der Waals surface area contributed by atoms with E-state index in [1.165, 1.54) is 11.1 Å². The maximum atomic E-state index is 10.5. The fourth-order valence-corrected chi connectivity index (χ4v) is 1.87. The van der Waals surface area contributed by atoms with E-state index in [1.54, 1.807) is 7.11 Å². The third kappa shape index (κ3) is 2.38. The Balaban J connectivity index is 3.22. The van der Waals surface area contributed by atoms with E-state index in [-0.39, 0.29) is 5.92 Å². The molecule has 2 heteroatoms. The minimum atomic E-state index is 0.220. The molecule has 0 N–H and O–H groups in total. The summed E-state index contributed by atoms with van der Waals surface area (Å²) in [6.07, 6.45) is 1.51. The highest BCUT2D eigenvalue weighted by Crippen LogP contribution is 2.32.